The number of methoxy groups -OCH3 is 1. The second-order valence-electron chi connectivity index (χ2n) is 3.92. The molecule has 0 amide bonds. The van der Waals surface area contributed by atoms with Crippen molar-refractivity contribution in [2.45, 2.75) is 25.2 Å². The topological polar surface area (TPSA) is 21.6 Å². The van der Waals surface area contributed by atoms with Gasteiger partial charge < -0.3 is 4.74 Å². The quantitative estimate of drug-likeness (QED) is 0.715. The molecule has 1 aliphatic heterocycles. The molecule has 2 nitrogen and oxygen atoms in total. The molecule has 0 aliphatic carbocycles. The lowest BCUT2D eigenvalue weighted by Crippen LogP contribution is -1.98. The Morgan fingerprint density at radius 2 is 2.12 bits per heavy atom. The molecule has 4 heteroatoms. The largest absolute Gasteiger partial charge is 0.496 e. The fourth-order valence-electron chi connectivity index (χ4n) is 2.01. The van der Waals surface area contributed by atoms with Crippen LogP contribution in [-0.2, 0) is 0 Å². The van der Waals surface area contributed by atoms with Gasteiger partial charge >= 0.3 is 0 Å². The average Bonchev–Trinajstić information content (AvgIpc) is 2.52. The van der Waals surface area contributed by atoms with Crippen LogP contribution in [0.3, 0.4) is 0 Å². The maximum atomic E-state index is 5.34. The molecule has 1 atom stereocenters. The Bertz CT molecular complexity index is 468. The van der Waals surface area contributed by atoms with Crippen molar-refractivity contribution in [3.8, 4) is 5.75 Å². The number of benzene rings is 1. The van der Waals surface area contributed by atoms with E-state index in [0.717, 1.165) is 17.9 Å². The van der Waals surface area contributed by atoms with Crippen LogP contribution in [0.1, 0.15) is 18.9 Å². The first-order valence-electron chi connectivity index (χ1n) is 5.25. The van der Waals surface area contributed by atoms with Gasteiger partial charge in [0.05, 0.1) is 17.8 Å². The van der Waals surface area contributed by atoms with E-state index in [1.807, 2.05) is 0 Å². The molecule has 1 aromatic rings. The van der Waals surface area contributed by atoms with E-state index in [9.17, 15) is 0 Å². The number of nitrogens with zero attached hydrogens (tertiary/aromatic N) is 1. The van der Waals surface area contributed by atoms with Gasteiger partial charge in [0.2, 0.25) is 0 Å². The minimum atomic E-state index is -0.879. The minimum absolute atomic E-state index is 0.879. The average molecular weight is 349 g/mol. The van der Waals surface area contributed by atoms with E-state index in [4.69, 9.17) is 9.73 Å². The Balaban J connectivity index is 2.64. The van der Waals surface area contributed by atoms with Gasteiger partial charge in [-0.25, -0.2) is 4.99 Å². The molecule has 2 rings (SSSR count). The molecule has 1 aromatic carbocycles. The van der Waals surface area contributed by atoms with E-state index in [0.29, 0.717) is 0 Å². The lowest BCUT2D eigenvalue weighted by molar-refractivity contribution is 0.411. The Labute approximate surface area is 110 Å². The Morgan fingerprint density at radius 3 is 2.69 bits per heavy atom. The van der Waals surface area contributed by atoms with Gasteiger partial charge in [0.1, 0.15) is 5.75 Å². The molecule has 16 heavy (non-hydrogen) atoms. The van der Waals surface area contributed by atoms with Gasteiger partial charge in [-0.1, -0.05) is 6.92 Å². The van der Waals surface area contributed by atoms with Gasteiger partial charge in [0.25, 0.3) is 0 Å². The molecule has 1 heterocycles. The van der Waals surface area contributed by atoms with Crippen LogP contribution in [0.2, 0.25) is 0 Å². The molecule has 0 N–H and O–H groups in total. The number of fused-ring (bicyclic) bond motifs is 1. The van der Waals surface area contributed by atoms with E-state index in [1.54, 1.807) is 7.11 Å². The van der Waals surface area contributed by atoms with Crippen molar-refractivity contribution in [1.82, 2.24) is 0 Å². The van der Waals surface area contributed by atoms with Crippen molar-refractivity contribution < 1.29 is 4.74 Å². The van der Waals surface area contributed by atoms with Gasteiger partial charge in [-0.05, 0) is 52.9 Å². The standard InChI is InChI=1S/C12H16INOS/c1-5-11-14-12-8(2)9(15-3)6-7-10(12)16(11,4)13/h6-7H,5H2,1-4H3. The predicted molar refractivity (Wildman–Crippen MR) is 80.9 cm³/mol. The van der Waals surface area contributed by atoms with E-state index in [2.05, 4.69) is 53.4 Å². The summed E-state index contributed by atoms with van der Waals surface area (Å²) in [6, 6.07) is 4.24. The Morgan fingerprint density at radius 1 is 1.44 bits per heavy atom. The van der Waals surface area contributed by atoms with Gasteiger partial charge in [-0.3, -0.25) is 0 Å². The Hall–Kier alpha value is -0.230. The maximum absolute atomic E-state index is 5.34. The highest BCUT2D eigenvalue weighted by Crippen LogP contribution is 2.69. The van der Waals surface area contributed by atoms with Crippen molar-refractivity contribution in [3.05, 3.63) is 17.7 Å². The van der Waals surface area contributed by atoms with Crippen LogP contribution in [-0.4, -0.2) is 18.4 Å². The molecule has 0 bridgehead atoms. The van der Waals surface area contributed by atoms with Crippen LogP contribution >= 0.6 is 28.4 Å². The molecule has 1 unspecified atom stereocenters. The highest BCUT2D eigenvalue weighted by molar-refractivity contribution is 14.2. The third-order valence-corrected chi connectivity index (χ3v) is 8.33. The third kappa shape index (κ3) is 1.66. The second-order valence-corrected chi connectivity index (χ2v) is 11.8. The molecule has 0 fully saturated rings. The summed E-state index contributed by atoms with van der Waals surface area (Å²) in [6.45, 7) is 4.27. The summed E-state index contributed by atoms with van der Waals surface area (Å²) in [5.41, 5.74) is 2.31. The van der Waals surface area contributed by atoms with Crippen LogP contribution in [0.15, 0.2) is 22.0 Å². The number of ether oxygens (including phenoxy) is 1. The number of hydrogen-bond donors (Lipinski definition) is 0. The molecule has 0 saturated carbocycles. The zero-order valence-corrected chi connectivity index (χ0v) is 13.0. The molecule has 1 aliphatic rings. The van der Waals surface area contributed by atoms with E-state index < -0.39 is 7.20 Å². The van der Waals surface area contributed by atoms with Crippen molar-refractivity contribution in [2.75, 3.05) is 13.4 Å². The van der Waals surface area contributed by atoms with Crippen LogP contribution in [0, 0.1) is 6.92 Å². The van der Waals surface area contributed by atoms with Gasteiger partial charge in [-0.2, -0.15) is 0 Å². The van der Waals surface area contributed by atoms with E-state index >= 15 is 0 Å². The summed E-state index contributed by atoms with van der Waals surface area (Å²) in [5, 5.41) is 1.33. The van der Waals surface area contributed by atoms with Crippen LogP contribution in [0.5, 0.6) is 5.75 Å². The number of rotatable bonds is 2. The fourth-order valence-corrected chi connectivity index (χ4v) is 6.25. The second kappa shape index (κ2) is 4.22. The Kier molecular flexibility index (Phi) is 3.22. The lowest BCUT2D eigenvalue weighted by Gasteiger charge is -2.25. The molecular weight excluding hydrogens is 333 g/mol. The smallest absolute Gasteiger partial charge is 0.124 e. The van der Waals surface area contributed by atoms with Crippen molar-refractivity contribution in [3.63, 3.8) is 0 Å². The van der Waals surface area contributed by atoms with Crippen LogP contribution in [0.4, 0.5) is 5.69 Å². The van der Waals surface area contributed by atoms with Gasteiger partial charge in [0, 0.05) is 10.5 Å². The normalized spacial score (nSPS) is 26.9. The van der Waals surface area contributed by atoms with Crippen molar-refractivity contribution >= 4 is 39.1 Å². The van der Waals surface area contributed by atoms with Crippen molar-refractivity contribution in [2.24, 2.45) is 4.99 Å². The molecule has 88 valence electrons. The highest BCUT2D eigenvalue weighted by Gasteiger charge is 2.32. The zero-order chi connectivity index (χ0) is 11.9. The predicted octanol–water partition coefficient (Wildman–Crippen LogP) is 4.60. The van der Waals surface area contributed by atoms with Crippen LogP contribution < -0.4 is 4.74 Å². The summed E-state index contributed by atoms with van der Waals surface area (Å²) in [7, 11) is 0.833. The monoisotopic (exact) mass is 349 g/mol. The summed E-state index contributed by atoms with van der Waals surface area (Å²) >= 11 is 2.57. The molecule has 0 saturated heterocycles. The van der Waals surface area contributed by atoms with E-state index in [-0.39, 0.29) is 0 Å². The SMILES string of the molecule is CCC1=Nc2c(ccc(OC)c2C)S1(C)I. The molecule has 0 radical (unpaired) electrons. The molecule has 0 spiro atoms. The highest BCUT2D eigenvalue weighted by atomic mass is 127. The number of halogens is 1. The first-order chi connectivity index (χ1) is 7.52. The van der Waals surface area contributed by atoms with Gasteiger partial charge in [-0.15, -0.1) is 7.20 Å². The lowest BCUT2D eigenvalue weighted by atomic mass is 10.2. The third-order valence-electron chi connectivity index (χ3n) is 2.96. The zero-order valence-electron chi connectivity index (χ0n) is 10.0. The van der Waals surface area contributed by atoms with Crippen molar-refractivity contribution in [1.29, 1.82) is 0 Å². The fraction of sp³-hybridized carbons (Fsp3) is 0.417. The molecular formula is C12H16INOS. The summed E-state index contributed by atoms with van der Waals surface area (Å²) in [4.78, 5) is 6.19. The van der Waals surface area contributed by atoms with E-state index in [1.165, 1.54) is 15.5 Å². The number of aliphatic imine (C=N–C) groups is 1. The van der Waals surface area contributed by atoms with Gasteiger partial charge in [0.15, 0.2) is 0 Å². The van der Waals surface area contributed by atoms with Crippen LogP contribution in [0.25, 0.3) is 0 Å². The molecule has 0 aromatic heterocycles. The summed E-state index contributed by atoms with van der Waals surface area (Å²) < 4.78 is 5.34. The maximum Gasteiger partial charge on any atom is 0.124 e. The number of hydrogen-bond acceptors (Lipinski definition) is 2. The summed E-state index contributed by atoms with van der Waals surface area (Å²) in [6.07, 6.45) is 3.35. The first kappa shape index (κ1) is 12.2. The minimum Gasteiger partial charge on any atom is -0.496 e. The first-order valence-corrected chi connectivity index (χ1v) is 9.84. The summed E-state index contributed by atoms with van der Waals surface area (Å²) in [5.74, 6) is 0.937.